The molecule has 2 aliphatic rings. The fourth-order valence-corrected chi connectivity index (χ4v) is 3.96. The fourth-order valence-electron chi connectivity index (χ4n) is 3.96. The Morgan fingerprint density at radius 2 is 0.750 bits per heavy atom. The van der Waals surface area contributed by atoms with Crippen molar-refractivity contribution in [1.29, 1.82) is 0 Å². The summed E-state index contributed by atoms with van der Waals surface area (Å²) < 4.78 is 0. The van der Waals surface area contributed by atoms with Crippen LogP contribution in [0, 0.1) is 12.8 Å². The first kappa shape index (κ1) is 32.8. The maximum Gasteiger partial charge on any atom is 2.00 e. The van der Waals surface area contributed by atoms with Crippen molar-refractivity contribution in [2.24, 2.45) is 9.98 Å². The van der Waals surface area contributed by atoms with Gasteiger partial charge in [-0.15, -0.1) is 22.8 Å². The molecule has 4 aromatic carbocycles. The molecular weight excluding hydrogens is 582 g/mol. The van der Waals surface area contributed by atoms with E-state index in [0.717, 1.165) is 56.7 Å². The molecule has 0 saturated heterocycles. The van der Waals surface area contributed by atoms with Crippen LogP contribution < -0.4 is 0 Å². The van der Waals surface area contributed by atoms with Crippen LogP contribution in [0.2, 0.25) is 0 Å². The Morgan fingerprint density at radius 1 is 0.450 bits per heavy atom. The van der Waals surface area contributed by atoms with Crippen molar-refractivity contribution < 1.29 is 33.0 Å². The number of hydrogen-bond donors (Lipinski definition) is 0. The Labute approximate surface area is 259 Å². The summed E-state index contributed by atoms with van der Waals surface area (Å²) in [7, 11) is 0. The molecule has 6 rings (SSSR count). The van der Waals surface area contributed by atoms with Crippen LogP contribution in [0.4, 0.5) is 22.7 Å². The zero-order valence-electron chi connectivity index (χ0n) is 23.0. The molecule has 0 saturated carbocycles. The summed E-state index contributed by atoms with van der Waals surface area (Å²) in [5, 5.41) is 9.92. The number of rotatable bonds is 2. The van der Waals surface area contributed by atoms with E-state index in [-0.39, 0.29) is 33.0 Å². The molecule has 0 aliphatic carbocycles. The Morgan fingerprint density at radius 3 is 1.10 bits per heavy atom. The van der Waals surface area contributed by atoms with Crippen LogP contribution in [-0.4, -0.2) is 11.4 Å². The van der Waals surface area contributed by atoms with Gasteiger partial charge in [0.1, 0.15) is 0 Å². The average Bonchev–Trinajstić information content (AvgIpc) is 3.49. The standard InChI is InChI=1S/C28H18N4.2C3H7.2Ni/c1-3-11-19(12-4-1)29-25-21-15-7-9-17-23(21)31-27(25)28-26(30-20-13-5-2-6-14-20)22-16-8-10-18-24(22)32-28;2*1-3-2;;/h1-18H;2*3H,1-2H3;;/q-2;2*-1;2*+2/b28-27+,29-25?,30-26?;;;;. The first-order valence-corrected chi connectivity index (χ1v) is 12.8. The van der Waals surface area contributed by atoms with E-state index in [4.69, 9.17) is 20.6 Å². The second-order valence-corrected chi connectivity index (χ2v) is 8.70. The maximum absolute atomic E-state index is 4.98. The van der Waals surface area contributed by atoms with Gasteiger partial charge < -0.3 is 23.5 Å². The molecule has 0 unspecified atom stereocenters. The van der Waals surface area contributed by atoms with Crippen molar-refractivity contribution in [3.8, 4) is 0 Å². The predicted octanol–water partition coefficient (Wildman–Crippen LogP) is 10.3. The Hall–Kier alpha value is -3.45. The van der Waals surface area contributed by atoms with Crippen molar-refractivity contribution in [2.75, 3.05) is 0 Å². The van der Waals surface area contributed by atoms with E-state index in [1.54, 1.807) is 0 Å². The third-order valence-electron chi connectivity index (χ3n) is 5.45. The molecule has 2 aliphatic heterocycles. The van der Waals surface area contributed by atoms with Gasteiger partial charge >= 0.3 is 33.0 Å². The van der Waals surface area contributed by atoms with Crippen LogP contribution in [-0.2, 0) is 33.0 Å². The summed E-state index contributed by atoms with van der Waals surface area (Å²) in [6.45, 7) is 8.00. The van der Waals surface area contributed by atoms with Crippen LogP contribution in [0.3, 0.4) is 0 Å². The van der Waals surface area contributed by atoms with Gasteiger partial charge in [0.25, 0.3) is 0 Å². The largest absolute Gasteiger partial charge is 2.00 e. The van der Waals surface area contributed by atoms with Gasteiger partial charge in [-0.3, -0.25) is 0 Å². The molecule has 6 heteroatoms. The van der Waals surface area contributed by atoms with E-state index >= 15 is 0 Å². The molecule has 0 N–H and O–H groups in total. The van der Waals surface area contributed by atoms with Crippen molar-refractivity contribution in [3.63, 3.8) is 0 Å². The van der Waals surface area contributed by atoms with E-state index in [1.807, 2.05) is 138 Å². The second kappa shape index (κ2) is 16.6. The van der Waals surface area contributed by atoms with Gasteiger partial charge in [-0.05, 0) is 35.4 Å². The molecule has 0 atom stereocenters. The first-order chi connectivity index (χ1) is 18.7. The zero-order valence-corrected chi connectivity index (χ0v) is 24.9. The topological polar surface area (TPSA) is 52.9 Å². The number of allylic oxidation sites excluding steroid dienone is 2. The number of nitrogens with zero attached hydrogens (tertiary/aromatic N) is 4. The van der Waals surface area contributed by atoms with Crippen molar-refractivity contribution in [1.82, 2.24) is 0 Å². The predicted molar refractivity (Wildman–Crippen MR) is 163 cm³/mol. The second-order valence-electron chi connectivity index (χ2n) is 8.70. The summed E-state index contributed by atoms with van der Waals surface area (Å²) in [4.78, 5) is 9.96. The molecule has 40 heavy (non-hydrogen) atoms. The van der Waals surface area contributed by atoms with E-state index in [1.165, 1.54) is 0 Å². The molecule has 0 aromatic heterocycles. The zero-order chi connectivity index (χ0) is 26.7. The fraction of sp³-hybridized carbons (Fsp3) is 0.118. The third kappa shape index (κ3) is 7.81. The van der Waals surface area contributed by atoms with Gasteiger partial charge in [0.15, 0.2) is 0 Å². The minimum Gasteiger partial charge on any atom is -0.656 e. The van der Waals surface area contributed by atoms with Crippen molar-refractivity contribution in [3.05, 3.63) is 155 Å². The monoisotopic (exact) mass is 612 g/mol. The molecule has 0 amide bonds. The smallest absolute Gasteiger partial charge is 0.656 e. The minimum atomic E-state index is 0. The van der Waals surface area contributed by atoms with Gasteiger partial charge in [0, 0.05) is 0 Å². The van der Waals surface area contributed by atoms with Crippen LogP contribution in [0.5, 0.6) is 0 Å². The van der Waals surface area contributed by atoms with Gasteiger partial charge in [-0.25, -0.2) is 9.98 Å². The summed E-state index contributed by atoms with van der Waals surface area (Å²) >= 11 is 0. The molecule has 0 fully saturated rings. The van der Waals surface area contributed by atoms with Crippen molar-refractivity contribution in [2.45, 2.75) is 27.7 Å². The Balaban J connectivity index is 0.000000647. The Bertz CT molecular complexity index is 1330. The summed E-state index contributed by atoms with van der Waals surface area (Å²) in [6, 6.07) is 36.1. The number of aliphatic imine (C=N–C) groups is 2. The van der Waals surface area contributed by atoms with Gasteiger partial charge in [0.05, 0.1) is 22.8 Å². The van der Waals surface area contributed by atoms with Crippen LogP contribution in [0.1, 0.15) is 38.8 Å². The molecule has 4 nitrogen and oxygen atoms in total. The van der Waals surface area contributed by atoms with Gasteiger partial charge in [0.2, 0.25) is 0 Å². The summed E-state index contributed by atoms with van der Waals surface area (Å²) in [6.07, 6.45) is 4.00. The van der Waals surface area contributed by atoms with Crippen LogP contribution in [0.25, 0.3) is 10.6 Å². The molecule has 2 heterocycles. The van der Waals surface area contributed by atoms with Gasteiger partial charge in [-0.2, -0.15) is 27.7 Å². The number of benzene rings is 4. The quantitative estimate of drug-likeness (QED) is 0.160. The molecule has 4 aromatic rings. The normalized spacial score (nSPS) is 16.0. The third-order valence-corrected chi connectivity index (χ3v) is 5.45. The minimum absolute atomic E-state index is 0. The van der Waals surface area contributed by atoms with E-state index in [2.05, 4.69) is 12.1 Å². The summed E-state index contributed by atoms with van der Waals surface area (Å²) in [5.41, 5.74) is 8.70. The number of hydrogen-bond acceptors (Lipinski definition) is 2. The summed E-state index contributed by atoms with van der Waals surface area (Å²) in [5.74, 6) is 0. The van der Waals surface area contributed by atoms with Gasteiger partial charge in [-0.1, -0.05) is 84.9 Å². The first-order valence-electron chi connectivity index (χ1n) is 12.8. The molecular formula is C34H32N4Ni2. The Kier molecular flexibility index (Phi) is 13.6. The number of fused-ring (bicyclic) bond motifs is 2. The SMILES string of the molecule is C[CH-]C.C[CH-]C.[Ni+2].[Ni+2].c1ccc(N=C2/C(=C3\[N-]c4ccccc4C3=Nc3ccccc3)[N-]c3ccccc32)cc1. The van der Waals surface area contributed by atoms with E-state index in [9.17, 15) is 0 Å². The van der Waals surface area contributed by atoms with Crippen LogP contribution in [0.15, 0.2) is 131 Å². The molecule has 208 valence electrons. The average molecular weight is 614 g/mol. The van der Waals surface area contributed by atoms with E-state index < -0.39 is 0 Å². The van der Waals surface area contributed by atoms with E-state index in [0.29, 0.717) is 0 Å². The maximum atomic E-state index is 4.98. The van der Waals surface area contributed by atoms with Crippen LogP contribution >= 0.6 is 0 Å². The van der Waals surface area contributed by atoms with Crippen molar-refractivity contribution >= 4 is 34.2 Å². The molecule has 0 radical (unpaired) electrons. The molecule has 0 bridgehead atoms. The molecule has 0 spiro atoms. The number of para-hydroxylation sites is 4.